The quantitative estimate of drug-likeness (QED) is 0.708. The maximum Gasteiger partial charge on any atom is 0.129 e. The maximum absolute atomic E-state index is 10.1. The Balaban J connectivity index is 1.91. The number of aliphatic hydroxyl groups excluding tert-OH is 1. The van der Waals surface area contributed by atoms with Crippen LogP contribution in [-0.4, -0.2) is 28.3 Å². The number of aromatic nitrogens is 1. The molecule has 2 aliphatic rings. The van der Waals surface area contributed by atoms with Crippen molar-refractivity contribution in [2.75, 3.05) is 0 Å². The second-order valence-electron chi connectivity index (χ2n) is 4.39. The van der Waals surface area contributed by atoms with E-state index >= 15 is 0 Å². The zero-order chi connectivity index (χ0) is 10.4. The van der Waals surface area contributed by atoms with E-state index in [2.05, 4.69) is 10.3 Å². The first-order valence-electron chi connectivity index (χ1n) is 5.31. The van der Waals surface area contributed by atoms with E-state index < -0.39 is 0 Å². The lowest BCUT2D eigenvalue weighted by molar-refractivity contribution is 0.125. The van der Waals surface area contributed by atoms with Gasteiger partial charge < -0.3 is 10.4 Å². The third kappa shape index (κ3) is 1.46. The van der Waals surface area contributed by atoms with E-state index in [4.69, 9.17) is 11.6 Å². The van der Waals surface area contributed by atoms with Gasteiger partial charge in [-0.3, -0.25) is 0 Å². The fourth-order valence-electron chi connectivity index (χ4n) is 2.86. The molecular weight excluding hydrogens is 212 g/mol. The Morgan fingerprint density at radius 1 is 1.33 bits per heavy atom. The summed E-state index contributed by atoms with van der Waals surface area (Å²) in [6, 6.07) is 4.44. The highest BCUT2D eigenvalue weighted by Crippen LogP contribution is 2.40. The number of nitrogens with one attached hydrogen (secondary N) is 1. The van der Waals surface area contributed by atoms with Crippen LogP contribution in [0.5, 0.6) is 0 Å². The summed E-state index contributed by atoms with van der Waals surface area (Å²) in [4.78, 5) is 4.07. The lowest BCUT2D eigenvalue weighted by Crippen LogP contribution is -2.30. The lowest BCUT2D eigenvalue weighted by atomic mass is 9.82. The molecular formula is C11H13ClN2O. The topological polar surface area (TPSA) is 45.1 Å². The van der Waals surface area contributed by atoms with Gasteiger partial charge in [-0.2, -0.15) is 0 Å². The fourth-order valence-corrected chi connectivity index (χ4v) is 2.97. The van der Waals surface area contributed by atoms with Gasteiger partial charge >= 0.3 is 0 Å². The molecule has 2 bridgehead atoms. The van der Waals surface area contributed by atoms with E-state index in [0.717, 1.165) is 18.4 Å². The van der Waals surface area contributed by atoms with Crippen LogP contribution in [0.2, 0.25) is 5.15 Å². The van der Waals surface area contributed by atoms with Gasteiger partial charge in [-0.15, -0.1) is 0 Å². The molecule has 4 unspecified atom stereocenters. The molecule has 0 spiro atoms. The number of hydrogen-bond acceptors (Lipinski definition) is 3. The molecule has 0 saturated carbocycles. The number of hydrogen-bond donors (Lipinski definition) is 2. The van der Waals surface area contributed by atoms with Crippen molar-refractivity contribution in [1.29, 1.82) is 0 Å². The van der Waals surface area contributed by atoms with Crippen molar-refractivity contribution in [3.05, 3.63) is 29.0 Å². The minimum Gasteiger partial charge on any atom is -0.391 e. The van der Waals surface area contributed by atoms with Gasteiger partial charge in [-0.25, -0.2) is 4.98 Å². The van der Waals surface area contributed by atoms with Crippen LogP contribution in [0, 0.1) is 0 Å². The van der Waals surface area contributed by atoms with Crippen LogP contribution in [-0.2, 0) is 0 Å². The molecule has 3 nitrogen and oxygen atoms in total. The molecule has 3 heterocycles. The molecule has 0 radical (unpaired) electrons. The van der Waals surface area contributed by atoms with Crippen molar-refractivity contribution in [2.24, 2.45) is 0 Å². The van der Waals surface area contributed by atoms with Crippen LogP contribution < -0.4 is 5.32 Å². The number of halogens is 1. The van der Waals surface area contributed by atoms with Gasteiger partial charge in [0.05, 0.1) is 6.10 Å². The molecule has 0 amide bonds. The molecule has 15 heavy (non-hydrogen) atoms. The highest BCUT2D eigenvalue weighted by molar-refractivity contribution is 6.29. The van der Waals surface area contributed by atoms with Crippen molar-refractivity contribution in [3.63, 3.8) is 0 Å². The van der Waals surface area contributed by atoms with Crippen molar-refractivity contribution < 1.29 is 5.11 Å². The minimum atomic E-state index is -0.272. The first-order valence-corrected chi connectivity index (χ1v) is 5.69. The SMILES string of the molecule is OC1C2CCC(N2)C1c1ccc(Cl)nc1. The fraction of sp³-hybridized carbons (Fsp3) is 0.545. The standard InChI is InChI=1S/C11H13ClN2O/c12-9-4-1-6(5-13-9)10-7-2-3-8(14-7)11(10)15/h1,4-5,7-8,10-11,14-15H,2-3H2. The highest BCUT2D eigenvalue weighted by atomic mass is 35.5. The van der Waals surface area contributed by atoms with Gasteiger partial charge in [0.25, 0.3) is 0 Å². The molecule has 3 rings (SSSR count). The van der Waals surface area contributed by atoms with Crippen LogP contribution in [0.3, 0.4) is 0 Å². The Morgan fingerprint density at radius 2 is 2.13 bits per heavy atom. The third-order valence-corrected chi connectivity index (χ3v) is 3.79. The Morgan fingerprint density at radius 3 is 2.73 bits per heavy atom. The normalized spacial score (nSPS) is 38.5. The number of pyridine rings is 1. The monoisotopic (exact) mass is 224 g/mol. The molecule has 80 valence electrons. The third-order valence-electron chi connectivity index (χ3n) is 3.57. The molecule has 2 aliphatic heterocycles. The molecule has 0 aromatic carbocycles. The molecule has 4 atom stereocenters. The van der Waals surface area contributed by atoms with Gasteiger partial charge in [-0.1, -0.05) is 17.7 Å². The van der Waals surface area contributed by atoms with Gasteiger partial charge in [-0.05, 0) is 24.5 Å². The smallest absolute Gasteiger partial charge is 0.129 e. The molecule has 1 aromatic heterocycles. The summed E-state index contributed by atoms with van der Waals surface area (Å²) in [6.45, 7) is 0. The van der Waals surface area contributed by atoms with Crippen LogP contribution in [0.1, 0.15) is 24.3 Å². The van der Waals surface area contributed by atoms with E-state index in [0.29, 0.717) is 11.2 Å². The summed E-state index contributed by atoms with van der Waals surface area (Å²) in [5.41, 5.74) is 1.09. The van der Waals surface area contributed by atoms with Crippen LogP contribution in [0.15, 0.2) is 18.3 Å². The Hall–Kier alpha value is -0.640. The number of rotatable bonds is 1. The predicted molar refractivity (Wildman–Crippen MR) is 57.9 cm³/mol. The molecule has 0 aliphatic carbocycles. The lowest BCUT2D eigenvalue weighted by Gasteiger charge is -2.25. The van der Waals surface area contributed by atoms with Crippen molar-refractivity contribution in [2.45, 2.75) is 36.9 Å². The van der Waals surface area contributed by atoms with E-state index in [9.17, 15) is 5.11 Å². The van der Waals surface area contributed by atoms with Gasteiger partial charge in [0.1, 0.15) is 5.15 Å². The first kappa shape index (κ1) is 9.58. The summed E-state index contributed by atoms with van der Waals surface area (Å²) in [5, 5.41) is 14.0. The summed E-state index contributed by atoms with van der Waals surface area (Å²) in [5.74, 6) is 0.188. The van der Waals surface area contributed by atoms with Crippen LogP contribution in [0.25, 0.3) is 0 Å². The first-order chi connectivity index (χ1) is 7.25. The summed E-state index contributed by atoms with van der Waals surface area (Å²) < 4.78 is 0. The molecule has 2 saturated heterocycles. The Labute approximate surface area is 93.5 Å². The predicted octanol–water partition coefficient (Wildman–Crippen LogP) is 1.31. The minimum absolute atomic E-state index is 0.188. The summed E-state index contributed by atoms with van der Waals surface area (Å²) in [7, 11) is 0. The zero-order valence-corrected chi connectivity index (χ0v) is 8.98. The van der Waals surface area contributed by atoms with Crippen molar-refractivity contribution in [1.82, 2.24) is 10.3 Å². The van der Waals surface area contributed by atoms with E-state index in [1.165, 1.54) is 0 Å². The second kappa shape index (κ2) is 3.44. The maximum atomic E-state index is 10.1. The number of aliphatic hydroxyl groups is 1. The Bertz CT molecular complexity index is 365. The van der Waals surface area contributed by atoms with E-state index in [1.54, 1.807) is 12.3 Å². The van der Waals surface area contributed by atoms with Gasteiger partial charge in [0.2, 0.25) is 0 Å². The average molecular weight is 225 g/mol. The second-order valence-corrected chi connectivity index (χ2v) is 4.77. The largest absolute Gasteiger partial charge is 0.391 e. The van der Waals surface area contributed by atoms with E-state index in [-0.39, 0.29) is 18.1 Å². The molecule has 4 heteroatoms. The summed E-state index contributed by atoms with van der Waals surface area (Å²) in [6.07, 6.45) is 3.74. The molecule has 2 N–H and O–H groups in total. The van der Waals surface area contributed by atoms with E-state index in [1.807, 2.05) is 6.07 Å². The summed E-state index contributed by atoms with van der Waals surface area (Å²) >= 11 is 5.74. The number of nitrogens with zero attached hydrogens (tertiary/aromatic N) is 1. The Kier molecular flexibility index (Phi) is 2.20. The van der Waals surface area contributed by atoms with Crippen molar-refractivity contribution >= 4 is 11.6 Å². The number of fused-ring (bicyclic) bond motifs is 2. The van der Waals surface area contributed by atoms with Gasteiger partial charge in [0, 0.05) is 24.2 Å². The average Bonchev–Trinajstić information content (AvgIpc) is 2.80. The molecule has 1 aromatic rings. The zero-order valence-electron chi connectivity index (χ0n) is 8.23. The molecule has 2 fully saturated rings. The van der Waals surface area contributed by atoms with Crippen LogP contribution in [0.4, 0.5) is 0 Å². The van der Waals surface area contributed by atoms with Gasteiger partial charge in [0.15, 0.2) is 0 Å². The van der Waals surface area contributed by atoms with Crippen LogP contribution >= 0.6 is 11.6 Å². The highest BCUT2D eigenvalue weighted by Gasteiger charge is 2.47. The van der Waals surface area contributed by atoms with Crippen molar-refractivity contribution in [3.8, 4) is 0 Å².